The topological polar surface area (TPSA) is 128 Å². The van der Waals surface area contributed by atoms with Gasteiger partial charge in [-0.3, -0.25) is 20.1 Å². The molecule has 2 rings (SSSR count). The second-order valence-electron chi connectivity index (χ2n) is 4.98. The number of carbonyl (C=O) groups is 1. The number of aryl methyl sites for hydroxylation is 1. The van der Waals surface area contributed by atoms with Gasteiger partial charge in [-0.05, 0) is 47.9 Å². The number of non-ortho nitro benzene ring substituents is 1. The Balaban J connectivity index is 2.45. The van der Waals surface area contributed by atoms with Crippen molar-refractivity contribution in [3.05, 3.63) is 57.6 Å². The SMILES string of the molecule is Cc1cc([S+](C)[O-])ccc1Nc1cc([N+](=O)[O-])ccc1C(=O)NO. The highest BCUT2D eigenvalue weighted by atomic mass is 32.2. The molecule has 0 saturated heterocycles. The summed E-state index contributed by atoms with van der Waals surface area (Å²) in [6, 6.07) is 8.68. The zero-order valence-corrected chi connectivity index (χ0v) is 13.7. The van der Waals surface area contributed by atoms with Crippen LogP contribution in [0.3, 0.4) is 0 Å². The lowest BCUT2D eigenvalue weighted by atomic mass is 10.1. The van der Waals surface area contributed by atoms with Gasteiger partial charge in [0.05, 0.1) is 16.2 Å². The molecule has 0 saturated carbocycles. The van der Waals surface area contributed by atoms with Crippen molar-refractivity contribution >= 4 is 34.1 Å². The molecule has 2 aromatic carbocycles. The Morgan fingerprint density at radius 1 is 1.21 bits per heavy atom. The summed E-state index contributed by atoms with van der Waals surface area (Å²) in [5.74, 6) is -0.795. The maximum absolute atomic E-state index is 11.7. The number of nitrogens with one attached hydrogen (secondary N) is 2. The molecule has 0 fully saturated rings. The number of hydroxylamine groups is 1. The minimum atomic E-state index is -1.13. The summed E-state index contributed by atoms with van der Waals surface area (Å²) in [5.41, 5.74) is 2.87. The van der Waals surface area contributed by atoms with Gasteiger partial charge in [0, 0.05) is 17.8 Å². The van der Waals surface area contributed by atoms with Gasteiger partial charge >= 0.3 is 0 Å². The van der Waals surface area contributed by atoms with E-state index in [1.807, 2.05) is 0 Å². The maximum Gasteiger partial charge on any atom is 0.276 e. The number of benzene rings is 2. The molecule has 126 valence electrons. The van der Waals surface area contributed by atoms with Crippen molar-refractivity contribution in [3.8, 4) is 0 Å². The van der Waals surface area contributed by atoms with Crippen molar-refractivity contribution in [2.75, 3.05) is 11.6 Å². The molecule has 0 aliphatic heterocycles. The van der Waals surface area contributed by atoms with E-state index in [9.17, 15) is 19.5 Å². The standard InChI is InChI=1S/C15H15N3O5S/c1-9-7-11(24(2)23)4-6-13(9)16-14-8-10(18(21)22)3-5-12(14)15(19)17-20/h3-8,16,20H,1-2H3,(H,17,19). The Morgan fingerprint density at radius 3 is 2.46 bits per heavy atom. The van der Waals surface area contributed by atoms with Crippen molar-refractivity contribution in [2.24, 2.45) is 0 Å². The molecule has 24 heavy (non-hydrogen) atoms. The lowest BCUT2D eigenvalue weighted by molar-refractivity contribution is -0.384. The fourth-order valence-electron chi connectivity index (χ4n) is 2.11. The number of amides is 1. The predicted molar refractivity (Wildman–Crippen MR) is 89.1 cm³/mol. The molecule has 0 radical (unpaired) electrons. The molecule has 9 heteroatoms. The summed E-state index contributed by atoms with van der Waals surface area (Å²) in [7, 11) is 0. The molecule has 3 N–H and O–H groups in total. The summed E-state index contributed by atoms with van der Waals surface area (Å²) in [5, 5.41) is 22.7. The van der Waals surface area contributed by atoms with Crippen LogP contribution in [0.15, 0.2) is 41.3 Å². The summed E-state index contributed by atoms with van der Waals surface area (Å²) in [6.07, 6.45) is 1.56. The first-order valence-corrected chi connectivity index (χ1v) is 8.33. The smallest absolute Gasteiger partial charge is 0.276 e. The molecule has 0 aromatic heterocycles. The van der Waals surface area contributed by atoms with Crippen molar-refractivity contribution < 1.29 is 19.5 Å². The Hall–Kier alpha value is -2.62. The highest BCUT2D eigenvalue weighted by molar-refractivity contribution is 7.90. The average Bonchev–Trinajstić information content (AvgIpc) is 2.55. The van der Waals surface area contributed by atoms with E-state index >= 15 is 0 Å². The van der Waals surface area contributed by atoms with Gasteiger partial charge in [-0.25, -0.2) is 5.48 Å². The van der Waals surface area contributed by atoms with Gasteiger partial charge in [-0.1, -0.05) is 0 Å². The van der Waals surface area contributed by atoms with Crippen LogP contribution in [0.1, 0.15) is 15.9 Å². The van der Waals surface area contributed by atoms with Crippen LogP contribution in [0.4, 0.5) is 17.1 Å². The van der Waals surface area contributed by atoms with Crippen LogP contribution < -0.4 is 10.8 Å². The Kier molecular flexibility index (Phi) is 5.39. The first-order valence-electron chi connectivity index (χ1n) is 6.77. The molecule has 0 heterocycles. The van der Waals surface area contributed by atoms with E-state index in [-0.39, 0.29) is 16.9 Å². The fourth-order valence-corrected chi connectivity index (χ4v) is 2.71. The molecular formula is C15H15N3O5S. The summed E-state index contributed by atoms with van der Waals surface area (Å²) in [4.78, 5) is 22.7. The van der Waals surface area contributed by atoms with E-state index in [4.69, 9.17) is 5.21 Å². The van der Waals surface area contributed by atoms with Crippen molar-refractivity contribution in [3.63, 3.8) is 0 Å². The summed E-state index contributed by atoms with van der Waals surface area (Å²) >= 11 is -1.13. The Labute approximate surface area is 140 Å². The summed E-state index contributed by atoms with van der Waals surface area (Å²) in [6.45, 7) is 1.78. The normalized spacial score (nSPS) is 11.7. The number of rotatable bonds is 5. The van der Waals surface area contributed by atoms with Gasteiger partial charge in [0.25, 0.3) is 11.6 Å². The Morgan fingerprint density at radius 2 is 1.92 bits per heavy atom. The van der Waals surface area contributed by atoms with Crippen molar-refractivity contribution in [2.45, 2.75) is 11.8 Å². The lowest BCUT2D eigenvalue weighted by Gasteiger charge is -2.14. The van der Waals surface area contributed by atoms with Crippen molar-refractivity contribution in [1.29, 1.82) is 0 Å². The van der Waals surface area contributed by atoms with Gasteiger partial charge in [-0.15, -0.1) is 0 Å². The number of nitro groups is 1. The minimum Gasteiger partial charge on any atom is -0.612 e. The van der Waals surface area contributed by atoms with Crippen molar-refractivity contribution in [1.82, 2.24) is 5.48 Å². The van der Waals surface area contributed by atoms with Crippen LogP contribution in [0.25, 0.3) is 0 Å². The van der Waals surface area contributed by atoms with E-state index in [1.165, 1.54) is 23.7 Å². The van der Waals surface area contributed by atoms with E-state index in [0.717, 1.165) is 5.56 Å². The number of anilines is 2. The molecule has 1 unspecified atom stereocenters. The molecule has 1 atom stereocenters. The highest BCUT2D eigenvalue weighted by Crippen LogP contribution is 2.28. The van der Waals surface area contributed by atoms with E-state index in [0.29, 0.717) is 10.6 Å². The second kappa shape index (κ2) is 7.30. The van der Waals surface area contributed by atoms with Gasteiger partial charge in [0.15, 0.2) is 4.90 Å². The largest absolute Gasteiger partial charge is 0.612 e. The third-order valence-corrected chi connectivity index (χ3v) is 4.28. The van der Waals surface area contributed by atoms with Crippen LogP contribution in [-0.2, 0) is 11.2 Å². The second-order valence-corrected chi connectivity index (χ2v) is 6.36. The fraction of sp³-hybridized carbons (Fsp3) is 0.133. The van der Waals surface area contributed by atoms with Crippen LogP contribution in [0, 0.1) is 17.0 Å². The number of hydrogen-bond acceptors (Lipinski definition) is 6. The lowest BCUT2D eigenvalue weighted by Crippen LogP contribution is -2.20. The summed E-state index contributed by atoms with van der Waals surface area (Å²) < 4.78 is 11.5. The molecule has 0 bridgehead atoms. The van der Waals surface area contributed by atoms with Crippen LogP contribution >= 0.6 is 0 Å². The third-order valence-electron chi connectivity index (χ3n) is 3.36. The number of hydrogen-bond donors (Lipinski definition) is 3. The van der Waals surface area contributed by atoms with Crippen LogP contribution in [0.2, 0.25) is 0 Å². The van der Waals surface area contributed by atoms with Gasteiger partial charge in [0.1, 0.15) is 6.26 Å². The van der Waals surface area contributed by atoms with E-state index in [1.54, 1.807) is 31.4 Å². The van der Waals surface area contributed by atoms with E-state index < -0.39 is 22.0 Å². The first-order chi connectivity index (χ1) is 11.3. The van der Waals surface area contributed by atoms with E-state index in [2.05, 4.69) is 5.32 Å². The minimum absolute atomic E-state index is 0.0469. The molecule has 0 aliphatic rings. The first kappa shape index (κ1) is 17.7. The highest BCUT2D eigenvalue weighted by Gasteiger charge is 2.17. The quantitative estimate of drug-likeness (QED) is 0.329. The predicted octanol–water partition coefficient (Wildman–Crippen LogP) is 2.50. The Bertz CT molecular complexity index is 795. The van der Waals surface area contributed by atoms with Crippen LogP contribution in [0.5, 0.6) is 0 Å². The molecular weight excluding hydrogens is 334 g/mol. The van der Waals surface area contributed by atoms with Crippen LogP contribution in [-0.4, -0.2) is 26.8 Å². The van der Waals surface area contributed by atoms with Gasteiger partial charge < -0.3 is 9.87 Å². The molecule has 1 amide bonds. The molecule has 0 spiro atoms. The zero-order valence-electron chi connectivity index (χ0n) is 12.9. The maximum atomic E-state index is 11.7. The zero-order chi connectivity index (χ0) is 17.9. The van der Waals surface area contributed by atoms with Gasteiger partial charge in [-0.2, -0.15) is 0 Å². The molecule has 8 nitrogen and oxygen atoms in total. The molecule has 0 aliphatic carbocycles. The number of nitrogens with zero attached hydrogens (tertiary/aromatic N) is 1. The monoisotopic (exact) mass is 349 g/mol. The number of carbonyl (C=O) groups excluding carboxylic acids is 1. The molecule has 2 aromatic rings. The average molecular weight is 349 g/mol. The number of nitro benzene ring substituents is 1. The third kappa shape index (κ3) is 3.82. The van der Waals surface area contributed by atoms with Gasteiger partial charge in [0.2, 0.25) is 0 Å².